The zero-order chi connectivity index (χ0) is 15.8. The van der Waals surface area contributed by atoms with Gasteiger partial charge < -0.3 is 10.2 Å². The molecule has 0 bridgehead atoms. The van der Waals surface area contributed by atoms with Gasteiger partial charge in [-0.3, -0.25) is 9.59 Å². The van der Waals surface area contributed by atoms with Crippen LogP contribution in [0, 0.1) is 12.8 Å². The first-order chi connectivity index (χ1) is 9.68. The van der Waals surface area contributed by atoms with Crippen molar-refractivity contribution < 1.29 is 9.59 Å². The van der Waals surface area contributed by atoms with E-state index in [0.29, 0.717) is 6.54 Å². The van der Waals surface area contributed by atoms with Crippen molar-refractivity contribution in [2.45, 2.75) is 39.7 Å². The highest BCUT2D eigenvalue weighted by Gasteiger charge is 2.39. The number of nitrogens with one attached hydrogen (secondary N) is 1. The van der Waals surface area contributed by atoms with Crippen molar-refractivity contribution in [3.05, 3.63) is 28.2 Å². The summed E-state index contributed by atoms with van der Waals surface area (Å²) in [5.74, 6) is -0.324. The number of nitrogens with zero attached hydrogens (tertiary/aromatic N) is 1. The van der Waals surface area contributed by atoms with Crippen molar-refractivity contribution in [1.82, 2.24) is 4.90 Å². The van der Waals surface area contributed by atoms with Crippen molar-refractivity contribution in [3.8, 4) is 0 Å². The maximum absolute atomic E-state index is 12.3. The highest BCUT2D eigenvalue weighted by atomic mass is 79.9. The predicted molar refractivity (Wildman–Crippen MR) is 87.1 cm³/mol. The molecule has 1 heterocycles. The Morgan fingerprint density at radius 3 is 2.57 bits per heavy atom. The minimum Gasteiger partial charge on any atom is -0.337 e. The number of rotatable bonds is 2. The number of amides is 2. The highest BCUT2D eigenvalue weighted by Crippen LogP contribution is 2.27. The third-order valence-corrected chi connectivity index (χ3v) is 4.60. The standard InChI is InChI=1S/C16H21BrN2O2/c1-10-5-6-12(8-13(10)17)18-15(21)11-7-14(20)19(9-11)16(2,3)4/h5-6,8,11H,7,9H2,1-4H3,(H,18,21). The van der Waals surface area contributed by atoms with Gasteiger partial charge in [0.15, 0.2) is 0 Å². The van der Waals surface area contributed by atoms with Gasteiger partial charge >= 0.3 is 0 Å². The Morgan fingerprint density at radius 2 is 2.05 bits per heavy atom. The van der Waals surface area contributed by atoms with Gasteiger partial charge in [0, 0.05) is 28.7 Å². The highest BCUT2D eigenvalue weighted by molar-refractivity contribution is 9.10. The summed E-state index contributed by atoms with van der Waals surface area (Å²) in [5, 5.41) is 2.90. The maximum Gasteiger partial charge on any atom is 0.229 e. The number of benzene rings is 1. The molecule has 1 aliphatic heterocycles. The smallest absolute Gasteiger partial charge is 0.229 e. The minimum atomic E-state index is -0.281. The monoisotopic (exact) mass is 352 g/mol. The average Bonchev–Trinajstić information content (AvgIpc) is 2.76. The molecule has 1 aromatic carbocycles. The van der Waals surface area contributed by atoms with Crippen molar-refractivity contribution in [1.29, 1.82) is 0 Å². The lowest BCUT2D eigenvalue weighted by Crippen LogP contribution is -2.42. The van der Waals surface area contributed by atoms with E-state index in [1.165, 1.54) is 0 Å². The van der Waals surface area contributed by atoms with Crippen LogP contribution < -0.4 is 5.32 Å². The van der Waals surface area contributed by atoms with E-state index in [-0.39, 0.29) is 29.7 Å². The topological polar surface area (TPSA) is 49.4 Å². The van der Waals surface area contributed by atoms with Gasteiger partial charge in [0.25, 0.3) is 0 Å². The zero-order valence-electron chi connectivity index (χ0n) is 12.9. The van der Waals surface area contributed by atoms with Crippen LogP contribution in [0.3, 0.4) is 0 Å². The molecule has 1 aliphatic rings. The third kappa shape index (κ3) is 3.64. The number of anilines is 1. The van der Waals surface area contributed by atoms with E-state index in [0.717, 1.165) is 15.7 Å². The molecule has 1 saturated heterocycles. The number of aryl methyl sites for hydroxylation is 1. The molecule has 1 N–H and O–H groups in total. The molecular formula is C16H21BrN2O2. The number of halogens is 1. The molecular weight excluding hydrogens is 332 g/mol. The molecule has 2 amide bonds. The Morgan fingerprint density at radius 1 is 1.38 bits per heavy atom. The molecule has 2 rings (SSSR count). The summed E-state index contributed by atoms with van der Waals surface area (Å²) in [6.07, 6.45) is 0.288. The fourth-order valence-electron chi connectivity index (χ4n) is 2.45. The molecule has 1 atom stereocenters. The fourth-order valence-corrected chi connectivity index (χ4v) is 2.83. The van der Waals surface area contributed by atoms with Crippen LogP contribution in [0.15, 0.2) is 22.7 Å². The van der Waals surface area contributed by atoms with Gasteiger partial charge in [-0.2, -0.15) is 0 Å². The minimum absolute atomic E-state index is 0.0488. The fraction of sp³-hybridized carbons (Fsp3) is 0.500. The molecule has 5 heteroatoms. The molecule has 1 fully saturated rings. The van der Waals surface area contributed by atoms with Gasteiger partial charge in [-0.25, -0.2) is 0 Å². The van der Waals surface area contributed by atoms with E-state index in [4.69, 9.17) is 0 Å². The SMILES string of the molecule is Cc1ccc(NC(=O)C2CC(=O)N(C(C)(C)C)C2)cc1Br. The van der Waals surface area contributed by atoms with E-state index >= 15 is 0 Å². The Balaban J connectivity index is 2.05. The quantitative estimate of drug-likeness (QED) is 0.887. The van der Waals surface area contributed by atoms with Gasteiger partial charge in [0.2, 0.25) is 11.8 Å². The van der Waals surface area contributed by atoms with Crippen LogP contribution in [-0.2, 0) is 9.59 Å². The Kier molecular flexibility index (Phi) is 4.42. The number of hydrogen-bond acceptors (Lipinski definition) is 2. The van der Waals surface area contributed by atoms with Crippen LogP contribution in [0.25, 0.3) is 0 Å². The van der Waals surface area contributed by atoms with E-state index in [1.807, 2.05) is 45.9 Å². The Hall–Kier alpha value is -1.36. The lowest BCUT2D eigenvalue weighted by Gasteiger charge is -2.31. The largest absolute Gasteiger partial charge is 0.337 e. The van der Waals surface area contributed by atoms with E-state index in [2.05, 4.69) is 21.2 Å². The molecule has 0 aromatic heterocycles. The normalized spacial score (nSPS) is 19.0. The van der Waals surface area contributed by atoms with Crippen molar-refractivity contribution in [2.24, 2.45) is 5.92 Å². The second kappa shape index (κ2) is 5.79. The van der Waals surface area contributed by atoms with Crippen LogP contribution in [0.2, 0.25) is 0 Å². The van der Waals surface area contributed by atoms with Gasteiger partial charge in [0.1, 0.15) is 0 Å². The molecule has 1 aromatic rings. The number of carbonyl (C=O) groups excluding carboxylic acids is 2. The van der Waals surface area contributed by atoms with Crippen molar-refractivity contribution >= 4 is 33.4 Å². The van der Waals surface area contributed by atoms with E-state index < -0.39 is 0 Å². The lowest BCUT2D eigenvalue weighted by molar-refractivity contribution is -0.131. The van der Waals surface area contributed by atoms with Gasteiger partial charge in [0.05, 0.1) is 5.92 Å². The number of likely N-dealkylation sites (tertiary alicyclic amines) is 1. The first kappa shape index (κ1) is 16.0. The summed E-state index contributed by atoms with van der Waals surface area (Å²) in [5.41, 5.74) is 1.63. The molecule has 0 radical (unpaired) electrons. The molecule has 4 nitrogen and oxygen atoms in total. The third-order valence-electron chi connectivity index (χ3n) is 3.74. The van der Waals surface area contributed by atoms with E-state index in [9.17, 15) is 9.59 Å². The zero-order valence-corrected chi connectivity index (χ0v) is 14.5. The Bertz CT molecular complexity index is 578. The summed E-state index contributed by atoms with van der Waals surface area (Å²) in [7, 11) is 0. The predicted octanol–water partition coefficient (Wildman–Crippen LogP) is 3.34. The summed E-state index contributed by atoms with van der Waals surface area (Å²) in [6, 6.07) is 5.70. The van der Waals surface area contributed by atoms with Crippen LogP contribution in [0.1, 0.15) is 32.8 Å². The molecule has 0 spiro atoms. The molecule has 21 heavy (non-hydrogen) atoms. The summed E-state index contributed by atoms with van der Waals surface area (Å²) in [4.78, 5) is 26.1. The maximum atomic E-state index is 12.3. The second-order valence-corrected chi connectivity index (χ2v) is 7.38. The number of hydrogen-bond donors (Lipinski definition) is 1. The molecule has 0 saturated carbocycles. The van der Waals surface area contributed by atoms with Crippen LogP contribution >= 0.6 is 15.9 Å². The first-order valence-electron chi connectivity index (χ1n) is 7.06. The first-order valence-corrected chi connectivity index (χ1v) is 7.85. The molecule has 114 valence electrons. The van der Waals surface area contributed by atoms with Gasteiger partial charge in [-0.15, -0.1) is 0 Å². The van der Waals surface area contributed by atoms with Gasteiger partial charge in [-0.1, -0.05) is 22.0 Å². The summed E-state index contributed by atoms with van der Waals surface area (Å²) < 4.78 is 0.958. The van der Waals surface area contributed by atoms with Gasteiger partial charge in [-0.05, 0) is 45.4 Å². The van der Waals surface area contributed by atoms with Crippen molar-refractivity contribution in [2.75, 3.05) is 11.9 Å². The van der Waals surface area contributed by atoms with Crippen LogP contribution in [-0.4, -0.2) is 28.8 Å². The Labute approximate surface area is 134 Å². The average molecular weight is 353 g/mol. The van der Waals surface area contributed by atoms with E-state index in [1.54, 1.807) is 4.90 Å². The molecule has 1 unspecified atom stereocenters. The lowest BCUT2D eigenvalue weighted by atomic mass is 10.1. The summed E-state index contributed by atoms with van der Waals surface area (Å²) >= 11 is 3.45. The molecule has 0 aliphatic carbocycles. The number of carbonyl (C=O) groups is 2. The summed E-state index contributed by atoms with van der Waals surface area (Å²) in [6.45, 7) is 8.44. The van der Waals surface area contributed by atoms with Crippen LogP contribution in [0.5, 0.6) is 0 Å². The van der Waals surface area contributed by atoms with Crippen LogP contribution in [0.4, 0.5) is 5.69 Å². The van der Waals surface area contributed by atoms with Crippen molar-refractivity contribution in [3.63, 3.8) is 0 Å². The second-order valence-electron chi connectivity index (χ2n) is 6.53.